The van der Waals surface area contributed by atoms with Crippen molar-refractivity contribution < 1.29 is 43.5 Å². The molecule has 1 saturated carbocycles. The molecule has 14 nitrogen and oxygen atoms in total. The van der Waals surface area contributed by atoms with Crippen LogP contribution in [0.3, 0.4) is 0 Å². The van der Waals surface area contributed by atoms with Crippen molar-refractivity contribution >= 4 is 45.9 Å². The Labute approximate surface area is 380 Å². The largest absolute Gasteiger partial charge is 0.496 e. The lowest BCUT2D eigenvalue weighted by Gasteiger charge is -2.63. The van der Waals surface area contributed by atoms with Gasteiger partial charge in [0.2, 0.25) is 5.60 Å². The number of H-pyrrole nitrogens is 1. The lowest BCUT2D eigenvalue weighted by molar-refractivity contribution is -0.228. The molecule has 14 heteroatoms. The fourth-order valence-corrected chi connectivity index (χ4v) is 14.1. The number of hydrogen-bond acceptors (Lipinski definition) is 13. The van der Waals surface area contributed by atoms with Crippen molar-refractivity contribution in [3.05, 3.63) is 95.2 Å². The number of anilines is 3. The fraction of sp³-hybridized carbons (Fsp3) is 0.510. The number of carbonyl (C=O) groups excluding carboxylic acids is 3. The molecule has 2 bridgehead atoms. The van der Waals surface area contributed by atoms with Gasteiger partial charge in [-0.25, -0.2) is 4.79 Å². The number of likely N-dealkylation sites (N-methyl/N-ethyl adjacent to an activating group) is 1. The van der Waals surface area contributed by atoms with E-state index in [2.05, 4.69) is 68.2 Å². The average molecular weight is 888 g/mol. The van der Waals surface area contributed by atoms with Gasteiger partial charge in [-0.1, -0.05) is 37.3 Å². The van der Waals surface area contributed by atoms with E-state index in [4.69, 9.17) is 18.9 Å². The maximum atomic E-state index is 15.5. The fourth-order valence-electron chi connectivity index (χ4n) is 14.1. The minimum absolute atomic E-state index is 0.108. The highest BCUT2D eigenvalue weighted by atomic mass is 16.6. The van der Waals surface area contributed by atoms with Gasteiger partial charge in [-0.15, -0.1) is 0 Å². The Morgan fingerprint density at radius 2 is 1.71 bits per heavy atom. The van der Waals surface area contributed by atoms with Gasteiger partial charge in [0, 0.05) is 109 Å². The molecule has 6 heterocycles. The molecule has 3 fully saturated rings. The van der Waals surface area contributed by atoms with Gasteiger partial charge in [-0.05, 0) is 92.1 Å². The van der Waals surface area contributed by atoms with Crippen LogP contribution in [0, 0.1) is 11.3 Å². The minimum Gasteiger partial charge on any atom is -0.496 e. The second kappa shape index (κ2) is 15.6. The van der Waals surface area contributed by atoms with Crippen molar-refractivity contribution in [2.75, 3.05) is 77.9 Å². The first-order valence-electron chi connectivity index (χ1n) is 23.0. The molecule has 1 aromatic heterocycles. The zero-order valence-corrected chi connectivity index (χ0v) is 38.4. The first-order chi connectivity index (χ1) is 31.2. The van der Waals surface area contributed by atoms with Crippen LogP contribution >= 0.6 is 0 Å². The third-order valence-electron chi connectivity index (χ3n) is 16.4. The van der Waals surface area contributed by atoms with Crippen LogP contribution in [0.5, 0.6) is 5.75 Å². The highest BCUT2D eigenvalue weighted by Gasteiger charge is 2.80. The van der Waals surface area contributed by atoms with Gasteiger partial charge >= 0.3 is 17.9 Å². The molecule has 1 aliphatic carbocycles. The summed E-state index contributed by atoms with van der Waals surface area (Å²) in [4.78, 5) is 55.7. The van der Waals surface area contributed by atoms with E-state index in [1.54, 1.807) is 7.11 Å². The molecule has 2 saturated heterocycles. The van der Waals surface area contributed by atoms with Gasteiger partial charge in [-0.3, -0.25) is 14.5 Å². The highest BCUT2D eigenvalue weighted by molar-refractivity contribution is 5.96. The summed E-state index contributed by atoms with van der Waals surface area (Å²) in [5.74, 6) is -1.62. The van der Waals surface area contributed by atoms with Crippen LogP contribution in [0.1, 0.15) is 61.9 Å². The zero-order chi connectivity index (χ0) is 45.8. The molecule has 3 aromatic carbocycles. The molecule has 4 aromatic rings. The molecule has 65 heavy (non-hydrogen) atoms. The number of nitrogens with zero attached hydrogens (tertiary/aromatic N) is 4. The number of aromatic nitrogens is 1. The Morgan fingerprint density at radius 1 is 0.938 bits per heavy atom. The van der Waals surface area contributed by atoms with E-state index < -0.39 is 58.0 Å². The summed E-state index contributed by atoms with van der Waals surface area (Å²) in [5, 5.41) is 25.8. The molecule has 1 unspecified atom stereocenters. The van der Waals surface area contributed by atoms with E-state index in [1.807, 2.05) is 50.2 Å². The second-order valence-electron chi connectivity index (χ2n) is 19.4. The van der Waals surface area contributed by atoms with Crippen molar-refractivity contribution in [2.45, 2.75) is 86.7 Å². The number of aromatic amines is 1. The number of nitrogens with one attached hydrogen (secondary N) is 1. The van der Waals surface area contributed by atoms with Crippen LogP contribution in [0.15, 0.2) is 72.8 Å². The molecule has 344 valence electrons. The number of aliphatic hydroxyl groups is 2. The lowest BCUT2D eigenvalue weighted by Crippen LogP contribution is -2.81. The van der Waals surface area contributed by atoms with Gasteiger partial charge in [0.1, 0.15) is 11.2 Å². The van der Waals surface area contributed by atoms with Gasteiger partial charge in [0.25, 0.3) is 0 Å². The topological polar surface area (TPSA) is 157 Å². The number of rotatable bonds is 8. The summed E-state index contributed by atoms with van der Waals surface area (Å²) in [6.45, 7) is 6.52. The van der Waals surface area contributed by atoms with Crippen LogP contribution in [0.25, 0.3) is 10.9 Å². The number of hydrogen-bond donors (Lipinski definition) is 3. The molecule has 10 rings (SSSR count). The molecule has 5 aliphatic heterocycles. The molecule has 1 spiro atoms. The number of esters is 3. The van der Waals surface area contributed by atoms with Gasteiger partial charge in [0.05, 0.1) is 33.5 Å². The first-order valence-corrected chi connectivity index (χ1v) is 23.0. The van der Waals surface area contributed by atoms with Gasteiger partial charge in [0.15, 0.2) is 6.10 Å². The monoisotopic (exact) mass is 887 g/mol. The summed E-state index contributed by atoms with van der Waals surface area (Å²) in [7, 11) is 8.20. The summed E-state index contributed by atoms with van der Waals surface area (Å²) >= 11 is 0. The van der Waals surface area contributed by atoms with E-state index in [9.17, 15) is 19.8 Å². The van der Waals surface area contributed by atoms with Crippen LogP contribution < -0.4 is 14.5 Å². The number of methoxy groups -OCH3 is 3. The predicted octanol–water partition coefficient (Wildman–Crippen LogP) is 4.98. The van der Waals surface area contributed by atoms with Gasteiger partial charge < -0.3 is 48.8 Å². The summed E-state index contributed by atoms with van der Waals surface area (Å²) < 4.78 is 24.1. The second-order valence-corrected chi connectivity index (χ2v) is 19.4. The van der Waals surface area contributed by atoms with E-state index in [0.717, 1.165) is 44.8 Å². The molecule has 6 aliphatic rings. The van der Waals surface area contributed by atoms with Crippen molar-refractivity contribution in [2.24, 2.45) is 11.3 Å². The third-order valence-corrected chi connectivity index (χ3v) is 16.4. The lowest BCUT2D eigenvalue weighted by atomic mass is 9.47. The molecular formula is C51H61N5O9. The van der Waals surface area contributed by atoms with E-state index in [1.165, 1.54) is 21.1 Å². The molecule has 10 atom stereocenters. The van der Waals surface area contributed by atoms with Crippen LogP contribution in [0.2, 0.25) is 0 Å². The standard InChI is InChI=1S/C51H61N5O9/c1-8-48-18-12-20-56-22-19-49(43(48)56)37-25-38(41(62-5)26-40(37)54(4)44(49)51(61,47(60)64-7)45(48)65-30(2)57)50(46(59)63-6)27-31-23-34(58)29-55(28-31)21-17-35-36-24-33(15-16-39(36)52-42(35)50)53(3)32-13-10-9-11-14-32/h9-16,18,24-26,31,34,43-45,52,58,61H,8,17,19-23,27-29H2,1-7H3/t31-,34+,43+,44-,45-,48-,49-,50+,51+/m1/s1. The number of fused-ring (bicyclic) bond motifs is 6. The molecule has 0 amide bonds. The Bertz CT molecular complexity index is 2600. The van der Waals surface area contributed by atoms with E-state index >= 15 is 4.79 Å². The zero-order valence-electron chi connectivity index (χ0n) is 38.4. The Balaban J connectivity index is 1.26. The number of ether oxygens (including phenoxy) is 4. The summed E-state index contributed by atoms with van der Waals surface area (Å²) in [5.41, 5.74) is 1.10. The average Bonchev–Trinajstić information content (AvgIpc) is 3.97. The molecule has 0 radical (unpaired) electrons. The highest BCUT2D eigenvalue weighted by Crippen LogP contribution is 2.68. The van der Waals surface area contributed by atoms with E-state index in [-0.39, 0.29) is 12.0 Å². The summed E-state index contributed by atoms with van der Waals surface area (Å²) in [6.07, 6.45) is 4.67. The third kappa shape index (κ3) is 5.95. The van der Waals surface area contributed by atoms with Crippen LogP contribution in [0.4, 0.5) is 17.1 Å². The number of benzene rings is 3. The summed E-state index contributed by atoms with van der Waals surface area (Å²) in [6, 6.07) is 19.3. The number of piperidine rings is 1. The first kappa shape index (κ1) is 43.5. The SMILES string of the molecule is CC[C@]12C=CCN3CC[C@@]4(c5cc([C@@]6(C(=O)OC)C[C@H]7C[C@H](O)CN(CCc8c6[nH]c6ccc(N(C)c9ccccc9)cc86)C7)c(OC)cc5N(C)[C@H]4[C@@](O)(C(=O)OC)[C@@H]1OC(C)=O)[C@@H]32. The smallest absolute Gasteiger partial charge is 0.344 e. The van der Waals surface area contributed by atoms with E-state index in [0.29, 0.717) is 76.1 Å². The quantitative estimate of drug-likeness (QED) is 0.124. The van der Waals surface area contributed by atoms with Crippen molar-refractivity contribution in [3.63, 3.8) is 0 Å². The maximum Gasteiger partial charge on any atom is 0.344 e. The van der Waals surface area contributed by atoms with Crippen molar-refractivity contribution in [1.29, 1.82) is 0 Å². The van der Waals surface area contributed by atoms with Gasteiger partial charge in [-0.2, -0.15) is 0 Å². The van der Waals surface area contributed by atoms with Crippen molar-refractivity contribution in [3.8, 4) is 5.75 Å². The van der Waals surface area contributed by atoms with Crippen LogP contribution in [-0.4, -0.2) is 141 Å². The number of carbonyl (C=O) groups is 3. The normalized spacial score (nSPS) is 33.4. The number of para-hydroxylation sites is 1. The van der Waals surface area contributed by atoms with Crippen molar-refractivity contribution in [1.82, 2.24) is 14.8 Å². The molecular weight excluding hydrogens is 827 g/mol. The minimum atomic E-state index is -2.32. The maximum absolute atomic E-state index is 15.5. The Kier molecular flexibility index (Phi) is 10.4. The Morgan fingerprint density at radius 3 is 2.42 bits per heavy atom. The molecule has 3 N–H and O–H groups in total. The van der Waals surface area contributed by atoms with Crippen LogP contribution in [-0.2, 0) is 45.8 Å². The predicted molar refractivity (Wildman–Crippen MR) is 246 cm³/mol. The number of aliphatic hydroxyl groups excluding tert-OH is 1. The Hall–Kier alpha value is -5.41.